The third-order valence-corrected chi connectivity index (χ3v) is 165. The Labute approximate surface area is 205 Å². The molecule has 1 aliphatic heterocycles. The van der Waals surface area contributed by atoms with E-state index in [2.05, 4.69) is 127 Å². The predicted octanol–water partition coefficient (Wildman–Crippen LogP) is 7.90. The molecule has 5 rings (SSSR count). The van der Waals surface area contributed by atoms with Crippen LogP contribution in [0.3, 0.4) is 0 Å². The van der Waals surface area contributed by atoms with Crippen molar-refractivity contribution in [2.24, 2.45) is 0 Å². The molecule has 33 heavy (non-hydrogen) atoms. The summed E-state index contributed by atoms with van der Waals surface area (Å²) in [6.07, 6.45) is 0. The fraction of sp³-hybridized carbons (Fsp3) is 0.407. The van der Waals surface area contributed by atoms with Gasteiger partial charge in [0, 0.05) is 35.5 Å². The zero-order valence-electron chi connectivity index (χ0n) is 22.7. The minimum Gasteiger partial charge on any atom is -0.0735 e. The highest BCUT2D eigenvalue weighted by Crippen LogP contribution is 2.52. The first-order chi connectivity index (χ1) is 15.1. The van der Waals surface area contributed by atoms with Gasteiger partial charge in [-0.25, -0.2) is 0 Å². The SMILES string of the molecule is C[Si]1(C)[Si](C)(C)[Si](C)(C)[Si](C)(c2ccc3ccc4cccc5ccc2c3c45)[Si](C)(C)[Si]1(C)C. The van der Waals surface area contributed by atoms with Gasteiger partial charge < -0.3 is 0 Å². The van der Waals surface area contributed by atoms with Gasteiger partial charge in [-0.2, -0.15) is 0 Å². The summed E-state index contributed by atoms with van der Waals surface area (Å²) in [5.74, 6) is 0. The summed E-state index contributed by atoms with van der Waals surface area (Å²) in [7, 11) is -8.46. The van der Waals surface area contributed by atoms with Crippen molar-refractivity contribution in [3.05, 3.63) is 54.6 Å². The van der Waals surface area contributed by atoms with Crippen LogP contribution in [0.25, 0.3) is 32.3 Å². The van der Waals surface area contributed by atoms with Crippen LogP contribution >= 0.6 is 0 Å². The van der Waals surface area contributed by atoms with Gasteiger partial charge in [-0.1, -0.05) is 132 Å². The molecule has 0 spiro atoms. The van der Waals surface area contributed by atoms with E-state index < -0.39 is 42.7 Å². The van der Waals surface area contributed by atoms with Gasteiger partial charge in [0.15, 0.2) is 0 Å². The Bertz CT molecular complexity index is 1370. The largest absolute Gasteiger partial charge is 0.0735 e. The maximum absolute atomic E-state index is 2.94. The standard InChI is InChI=1S/C27H42Si6/c1-28(2)29(3,4)31(7,8)33(11,32(9,10)30(28,5)6)25-20-18-23-16-15-21-13-12-14-22-17-19-24(25)27(23)26(21)22/h12-20H,1-11H3. The van der Waals surface area contributed by atoms with E-state index in [1.54, 1.807) is 10.8 Å². The fourth-order valence-electron chi connectivity index (χ4n) is 8.22. The molecule has 0 radical (unpaired) electrons. The zero-order valence-corrected chi connectivity index (χ0v) is 28.7. The summed E-state index contributed by atoms with van der Waals surface area (Å²) >= 11 is 0. The van der Waals surface area contributed by atoms with E-state index in [1.807, 2.05) is 5.19 Å². The molecule has 0 saturated carbocycles. The minimum atomic E-state index is -1.68. The molecule has 6 heteroatoms. The van der Waals surface area contributed by atoms with Crippen LogP contribution < -0.4 is 5.19 Å². The molecule has 1 fully saturated rings. The van der Waals surface area contributed by atoms with Gasteiger partial charge in [0.1, 0.15) is 0 Å². The number of benzene rings is 4. The maximum Gasteiger partial charge on any atom is 0.0665 e. The Balaban J connectivity index is 1.96. The van der Waals surface area contributed by atoms with Crippen LogP contribution in [-0.2, 0) is 0 Å². The second-order valence-electron chi connectivity index (χ2n) is 13.7. The van der Waals surface area contributed by atoms with Gasteiger partial charge in [0.2, 0.25) is 0 Å². The van der Waals surface area contributed by atoms with Crippen molar-refractivity contribution in [3.8, 4) is 0 Å². The number of hydrogen-bond donors (Lipinski definition) is 0. The van der Waals surface area contributed by atoms with Crippen LogP contribution in [0.15, 0.2) is 54.6 Å². The van der Waals surface area contributed by atoms with Gasteiger partial charge in [0.25, 0.3) is 0 Å². The molecule has 0 aromatic heterocycles. The second kappa shape index (κ2) is 6.70. The van der Waals surface area contributed by atoms with Crippen LogP contribution in [0.4, 0.5) is 0 Å². The number of rotatable bonds is 1. The van der Waals surface area contributed by atoms with Crippen LogP contribution in [0.2, 0.25) is 72.0 Å². The first kappa shape index (κ1) is 23.9. The summed E-state index contributed by atoms with van der Waals surface area (Å²) < 4.78 is 0. The second-order valence-corrected chi connectivity index (χ2v) is 85.3. The molecule has 0 atom stereocenters. The van der Waals surface area contributed by atoms with Crippen LogP contribution in [0, 0.1) is 0 Å². The van der Waals surface area contributed by atoms with Crippen LogP contribution in [-0.4, -0.2) is 42.7 Å². The predicted molar refractivity (Wildman–Crippen MR) is 169 cm³/mol. The molecule has 1 saturated heterocycles. The average molecular weight is 535 g/mol. The third kappa shape index (κ3) is 2.45. The van der Waals surface area contributed by atoms with E-state index >= 15 is 0 Å². The van der Waals surface area contributed by atoms with Crippen molar-refractivity contribution < 1.29 is 0 Å². The summed E-state index contributed by atoms with van der Waals surface area (Å²) in [4.78, 5) is 0. The van der Waals surface area contributed by atoms with Gasteiger partial charge in [-0.15, -0.1) is 0 Å². The Kier molecular flexibility index (Phi) is 4.86. The van der Waals surface area contributed by atoms with Crippen LogP contribution in [0.1, 0.15) is 0 Å². The lowest BCUT2D eigenvalue weighted by molar-refractivity contribution is 1.72. The summed E-state index contributed by atoms with van der Waals surface area (Å²) in [6, 6.07) is 21.7. The van der Waals surface area contributed by atoms with Crippen molar-refractivity contribution >= 4 is 80.2 Å². The highest BCUT2D eigenvalue weighted by Gasteiger charge is 2.77. The van der Waals surface area contributed by atoms with E-state index in [-0.39, 0.29) is 0 Å². The first-order valence-corrected chi connectivity index (χ1v) is 36.2. The Morgan fingerprint density at radius 3 is 1.30 bits per heavy atom. The molecule has 0 N–H and O–H groups in total. The molecule has 174 valence electrons. The molecular formula is C27H42Si6. The fourth-order valence-corrected chi connectivity index (χ4v) is 250. The maximum atomic E-state index is 2.94. The van der Waals surface area contributed by atoms with Crippen molar-refractivity contribution in [1.82, 2.24) is 0 Å². The molecule has 1 aliphatic rings. The van der Waals surface area contributed by atoms with Gasteiger partial charge in [-0.3, -0.25) is 0 Å². The van der Waals surface area contributed by atoms with Gasteiger partial charge in [-0.05, 0) is 32.3 Å². The molecule has 0 nitrogen and oxygen atoms in total. The Morgan fingerprint density at radius 2 is 0.788 bits per heavy atom. The third-order valence-electron chi connectivity index (χ3n) is 12.8. The van der Waals surface area contributed by atoms with E-state index in [0.29, 0.717) is 0 Å². The zero-order chi connectivity index (χ0) is 24.4. The first-order valence-electron chi connectivity index (χ1n) is 12.7. The van der Waals surface area contributed by atoms with Crippen molar-refractivity contribution in [2.45, 2.75) is 72.0 Å². The molecule has 0 unspecified atom stereocenters. The molecule has 1 heterocycles. The average Bonchev–Trinajstić information content (AvgIpc) is 2.75. The monoisotopic (exact) mass is 534 g/mol. The topological polar surface area (TPSA) is 0 Å². The molecule has 0 aliphatic carbocycles. The summed E-state index contributed by atoms with van der Waals surface area (Å²) in [6.45, 7) is 31.8. The Hall–Kier alpha value is -0.779. The normalized spacial score (nSPS) is 24.5. The smallest absolute Gasteiger partial charge is 0.0665 e. The lowest BCUT2D eigenvalue weighted by Gasteiger charge is -2.73. The van der Waals surface area contributed by atoms with Crippen molar-refractivity contribution in [1.29, 1.82) is 0 Å². The van der Waals surface area contributed by atoms with Crippen molar-refractivity contribution in [2.75, 3.05) is 0 Å². The Morgan fingerprint density at radius 1 is 0.394 bits per heavy atom. The van der Waals surface area contributed by atoms with E-state index in [9.17, 15) is 0 Å². The highest BCUT2D eigenvalue weighted by molar-refractivity contribution is 8.14. The minimum absolute atomic E-state index is 1.23. The molecular weight excluding hydrogens is 493 g/mol. The molecule has 0 bridgehead atoms. The lowest BCUT2D eigenvalue weighted by atomic mass is 9.94. The molecule has 4 aromatic carbocycles. The lowest BCUT2D eigenvalue weighted by Crippen LogP contribution is -3.03. The number of hydrogen-bond acceptors (Lipinski definition) is 0. The quantitative estimate of drug-likeness (QED) is 0.172. The van der Waals surface area contributed by atoms with Crippen LogP contribution in [0.5, 0.6) is 0 Å². The summed E-state index contributed by atoms with van der Waals surface area (Å²) in [5, 5.41) is 10.8. The van der Waals surface area contributed by atoms with Crippen molar-refractivity contribution in [3.63, 3.8) is 0 Å². The van der Waals surface area contributed by atoms with Gasteiger partial charge >= 0.3 is 0 Å². The summed E-state index contributed by atoms with van der Waals surface area (Å²) in [5.41, 5.74) is 0. The molecule has 0 amide bonds. The van der Waals surface area contributed by atoms with E-state index in [1.165, 1.54) is 21.5 Å². The molecule has 4 aromatic rings. The van der Waals surface area contributed by atoms with E-state index in [0.717, 1.165) is 0 Å². The highest BCUT2D eigenvalue weighted by atomic mass is 30.2. The van der Waals surface area contributed by atoms with E-state index in [4.69, 9.17) is 0 Å². The van der Waals surface area contributed by atoms with Gasteiger partial charge in [0.05, 0.1) is 7.11 Å².